The van der Waals surface area contributed by atoms with E-state index < -0.39 is 11.0 Å². The molecule has 0 amide bonds. The maximum absolute atomic E-state index is 11.0. The molecule has 0 saturated heterocycles. The van der Waals surface area contributed by atoms with Crippen LogP contribution in [0.5, 0.6) is 0 Å². The number of ketones is 1. The Hall–Kier alpha value is -2.01. The van der Waals surface area contributed by atoms with Crippen molar-refractivity contribution in [1.29, 1.82) is 0 Å². The van der Waals surface area contributed by atoms with Crippen molar-refractivity contribution in [2.45, 2.75) is 12.5 Å². The fourth-order valence-electron chi connectivity index (χ4n) is 1.32. The Bertz CT molecular complexity index is 428. The zero-order valence-electron chi connectivity index (χ0n) is 8.50. The van der Waals surface area contributed by atoms with Crippen LogP contribution in [0.15, 0.2) is 36.9 Å². The molecule has 0 saturated carbocycles. The average molecular weight is 221 g/mol. The van der Waals surface area contributed by atoms with Crippen molar-refractivity contribution in [3.8, 4) is 0 Å². The Kier molecular flexibility index (Phi) is 3.90. The van der Waals surface area contributed by atoms with Gasteiger partial charge in [0, 0.05) is 12.5 Å². The molecule has 1 rings (SSSR count). The van der Waals surface area contributed by atoms with Crippen LogP contribution in [0.3, 0.4) is 0 Å². The highest BCUT2D eigenvalue weighted by Gasteiger charge is 2.20. The number of para-hydroxylation sites is 1. The van der Waals surface area contributed by atoms with Gasteiger partial charge >= 0.3 is 0 Å². The number of nitro benzene ring substituents is 1. The highest BCUT2D eigenvalue weighted by atomic mass is 16.6. The van der Waals surface area contributed by atoms with Crippen molar-refractivity contribution in [1.82, 2.24) is 0 Å². The SMILES string of the molecule is C=CC(=O)C[C@@H](O)c1ccccc1[N+](=O)[O-]. The minimum atomic E-state index is -1.17. The summed E-state index contributed by atoms with van der Waals surface area (Å²) in [6, 6.07) is 5.80. The van der Waals surface area contributed by atoms with Crippen LogP contribution >= 0.6 is 0 Å². The van der Waals surface area contributed by atoms with E-state index in [0.717, 1.165) is 6.08 Å². The molecule has 16 heavy (non-hydrogen) atoms. The number of allylic oxidation sites excluding steroid dienone is 1. The molecule has 0 aliphatic heterocycles. The van der Waals surface area contributed by atoms with E-state index in [2.05, 4.69) is 6.58 Å². The smallest absolute Gasteiger partial charge is 0.275 e. The van der Waals surface area contributed by atoms with E-state index in [1.54, 1.807) is 6.07 Å². The summed E-state index contributed by atoms with van der Waals surface area (Å²) >= 11 is 0. The Morgan fingerprint density at radius 3 is 2.75 bits per heavy atom. The number of rotatable bonds is 5. The number of hydrogen-bond donors (Lipinski definition) is 1. The number of carbonyl (C=O) groups is 1. The molecule has 0 heterocycles. The van der Waals surface area contributed by atoms with Crippen LogP contribution in [0.4, 0.5) is 5.69 Å². The van der Waals surface area contributed by atoms with E-state index in [1.807, 2.05) is 0 Å². The summed E-state index contributed by atoms with van der Waals surface area (Å²) in [5, 5.41) is 20.3. The van der Waals surface area contributed by atoms with Gasteiger partial charge in [0.2, 0.25) is 0 Å². The Balaban J connectivity index is 2.98. The second-order valence-corrected chi connectivity index (χ2v) is 3.21. The molecular formula is C11H11NO4. The van der Waals surface area contributed by atoms with Crippen molar-refractivity contribution < 1.29 is 14.8 Å². The van der Waals surface area contributed by atoms with Gasteiger partial charge in [-0.15, -0.1) is 0 Å². The van der Waals surface area contributed by atoms with Crippen LogP contribution in [0.2, 0.25) is 0 Å². The van der Waals surface area contributed by atoms with E-state index in [-0.39, 0.29) is 23.5 Å². The maximum Gasteiger partial charge on any atom is 0.275 e. The summed E-state index contributed by atoms with van der Waals surface area (Å²) in [5.41, 5.74) is -0.0467. The van der Waals surface area contributed by atoms with E-state index in [9.17, 15) is 20.0 Å². The van der Waals surface area contributed by atoms with Crippen LogP contribution in [0.25, 0.3) is 0 Å². The Morgan fingerprint density at radius 1 is 1.56 bits per heavy atom. The first-order valence-corrected chi connectivity index (χ1v) is 4.63. The zero-order chi connectivity index (χ0) is 12.1. The first kappa shape index (κ1) is 12.1. The number of aliphatic hydroxyl groups is 1. The summed E-state index contributed by atoms with van der Waals surface area (Å²) in [6.07, 6.45) is -0.293. The summed E-state index contributed by atoms with van der Waals surface area (Å²) < 4.78 is 0. The molecule has 0 aliphatic carbocycles. The monoisotopic (exact) mass is 221 g/mol. The number of nitrogens with zero attached hydrogens (tertiary/aromatic N) is 1. The van der Waals surface area contributed by atoms with Crippen molar-refractivity contribution in [2.24, 2.45) is 0 Å². The average Bonchev–Trinajstić information content (AvgIpc) is 2.28. The second-order valence-electron chi connectivity index (χ2n) is 3.21. The Morgan fingerprint density at radius 2 is 2.19 bits per heavy atom. The largest absolute Gasteiger partial charge is 0.388 e. The van der Waals surface area contributed by atoms with Gasteiger partial charge in [0.1, 0.15) is 0 Å². The quantitative estimate of drug-likeness (QED) is 0.466. The number of nitro groups is 1. The normalized spacial score (nSPS) is 11.8. The summed E-state index contributed by atoms with van der Waals surface area (Å²) in [6.45, 7) is 3.27. The summed E-state index contributed by atoms with van der Waals surface area (Å²) in [4.78, 5) is 21.1. The summed E-state index contributed by atoms with van der Waals surface area (Å²) in [7, 11) is 0. The van der Waals surface area contributed by atoms with Crippen LogP contribution in [0, 0.1) is 10.1 Å². The number of aliphatic hydroxyl groups excluding tert-OH is 1. The van der Waals surface area contributed by atoms with Crippen LogP contribution in [-0.2, 0) is 4.79 Å². The van der Waals surface area contributed by atoms with E-state index in [0.29, 0.717) is 0 Å². The second kappa shape index (κ2) is 5.18. The molecule has 1 aromatic rings. The molecule has 5 nitrogen and oxygen atoms in total. The van der Waals surface area contributed by atoms with Crippen LogP contribution in [-0.4, -0.2) is 15.8 Å². The predicted molar refractivity (Wildman–Crippen MR) is 57.9 cm³/mol. The molecule has 0 fully saturated rings. The fourth-order valence-corrected chi connectivity index (χ4v) is 1.32. The lowest BCUT2D eigenvalue weighted by molar-refractivity contribution is -0.386. The minimum Gasteiger partial charge on any atom is -0.388 e. The van der Waals surface area contributed by atoms with Crippen molar-refractivity contribution in [2.75, 3.05) is 0 Å². The lowest BCUT2D eigenvalue weighted by Gasteiger charge is -2.08. The lowest BCUT2D eigenvalue weighted by Crippen LogP contribution is -2.06. The number of carbonyl (C=O) groups excluding carboxylic acids is 1. The molecule has 1 N–H and O–H groups in total. The van der Waals surface area contributed by atoms with Gasteiger partial charge in [-0.1, -0.05) is 18.7 Å². The van der Waals surface area contributed by atoms with Gasteiger partial charge in [-0.05, 0) is 12.1 Å². The molecule has 84 valence electrons. The van der Waals surface area contributed by atoms with E-state index in [4.69, 9.17) is 0 Å². The molecule has 1 atom stereocenters. The third kappa shape index (κ3) is 2.74. The third-order valence-electron chi connectivity index (χ3n) is 2.11. The summed E-state index contributed by atoms with van der Waals surface area (Å²) in [5.74, 6) is -0.356. The first-order valence-electron chi connectivity index (χ1n) is 4.63. The molecule has 0 aromatic heterocycles. The van der Waals surface area contributed by atoms with E-state index in [1.165, 1.54) is 18.2 Å². The minimum absolute atomic E-state index is 0.141. The molecule has 0 unspecified atom stereocenters. The molecule has 1 aromatic carbocycles. The highest BCUT2D eigenvalue weighted by Crippen LogP contribution is 2.26. The van der Waals surface area contributed by atoms with Gasteiger partial charge in [-0.3, -0.25) is 14.9 Å². The van der Waals surface area contributed by atoms with Crippen LogP contribution in [0.1, 0.15) is 18.1 Å². The van der Waals surface area contributed by atoms with Crippen molar-refractivity contribution >= 4 is 11.5 Å². The van der Waals surface area contributed by atoms with Gasteiger partial charge in [-0.2, -0.15) is 0 Å². The van der Waals surface area contributed by atoms with Crippen molar-refractivity contribution in [3.63, 3.8) is 0 Å². The molecule has 5 heteroatoms. The number of hydrogen-bond acceptors (Lipinski definition) is 4. The van der Waals surface area contributed by atoms with Gasteiger partial charge in [0.15, 0.2) is 5.78 Å². The highest BCUT2D eigenvalue weighted by molar-refractivity contribution is 5.89. The van der Waals surface area contributed by atoms with Gasteiger partial charge in [-0.25, -0.2) is 0 Å². The molecule has 0 spiro atoms. The van der Waals surface area contributed by atoms with Gasteiger partial charge in [0.05, 0.1) is 16.6 Å². The lowest BCUT2D eigenvalue weighted by atomic mass is 10.0. The molecule has 0 aliphatic rings. The Labute approximate surface area is 92.2 Å². The predicted octanol–water partition coefficient (Wildman–Crippen LogP) is 1.77. The van der Waals surface area contributed by atoms with Gasteiger partial charge in [0.25, 0.3) is 5.69 Å². The zero-order valence-corrected chi connectivity index (χ0v) is 8.50. The standard InChI is InChI=1S/C11H11NO4/c1-2-8(13)7-11(14)9-5-3-4-6-10(9)12(15)16/h2-6,11,14H,1,7H2/t11-/m1/s1. The first-order chi connectivity index (χ1) is 7.56. The maximum atomic E-state index is 11.0. The number of benzene rings is 1. The van der Waals surface area contributed by atoms with Crippen LogP contribution < -0.4 is 0 Å². The van der Waals surface area contributed by atoms with Gasteiger partial charge < -0.3 is 5.11 Å². The fraction of sp³-hybridized carbons (Fsp3) is 0.182. The van der Waals surface area contributed by atoms with E-state index >= 15 is 0 Å². The van der Waals surface area contributed by atoms with Crippen molar-refractivity contribution in [3.05, 3.63) is 52.6 Å². The molecular weight excluding hydrogens is 210 g/mol. The topological polar surface area (TPSA) is 80.4 Å². The molecule has 0 bridgehead atoms. The third-order valence-corrected chi connectivity index (χ3v) is 2.11. The molecule has 0 radical (unpaired) electrons.